The summed E-state index contributed by atoms with van der Waals surface area (Å²) in [5.41, 5.74) is 6.64. The monoisotopic (exact) mass is 255 g/mol. The van der Waals surface area contributed by atoms with Crippen LogP contribution in [0, 0.1) is 12.3 Å². The molecule has 0 atom stereocenters. The molecule has 17 heavy (non-hydrogen) atoms. The maximum atomic E-state index is 5.49. The highest BCUT2D eigenvalue weighted by atomic mass is 35.5. The van der Waals surface area contributed by atoms with Crippen molar-refractivity contribution in [1.82, 2.24) is 9.97 Å². The van der Waals surface area contributed by atoms with Crippen molar-refractivity contribution in [2.75, 3.05) is 5.73 Å². The van der Waals surface area contributed by atoms with E-state index in [1.165, 1.54) is 38.5 Å². The predicted molar refractivity (Wildman–Crippen MR) is 75.1 cm³/mol. The van der Waals surface area contributed by atoms with E-state index in [1.54, 1.807) is 0 Å². The summed E-state index contributed by atoms with van der Waals surface area (Å²) in [6.45, 7) is 0. The standard InChI is InChI=1S/C13H21N3.ClH/c1-2-3-4-5-6-7-8-9-10-12-11-15-13(14)16-12;/h1,11H,3-10H2,(H3,14,15,16);1H. The number of anilines is 1. The van der Waals surface area contributed by atoms with Gasteiger partial charge in [-0.3, -0.25) is 0 Å². The van der Waals surface area contributed by atoms with Gasteiger partial charge in [0.2, 0.25) is 0 Å². The number of nitrogens with two attached hydrogens (primary N) is 1. The minimum absolute atomic E-state index is 0. The zero-order valence-corrected chi connectivity index (χ0v) is 11.1. The fourth-order valence-corrected chi connectivity index (χ4v) is 1.75. The van der Waals surface area contributed by atoms with Crippen LogP contribution in [0.25, 0.3) is 0 Å². The van der Waals surface area contributed by atoms with Crippen molar-refractivity contribution >= 4 is 18.4 Å². The Kier molecular flexibility index (Phi) is 9.37. The Morgan fingerprint density at radius 1 is 1.18 bits per heavy atom. The van der Waals surface area contributed by atoms with Gasteiger partial charge in [0.15, 0.2) is 5.95 Å². The van der Waals surface area contributed by atoms with Gasteiger partial charge >= 0.3 is 0 Å². The Hall–Kier alpha value is -1.14. The topological polar surface area (TPSA) is 54.7 Å². The van der Waals surface area contributed by atoms with Crippen LogP contribution in [-0.2, 0) is 6.42 Å². The number of nitrogens with one attached hydrogen (secondary N) is 1. The smallest absolute Gasteiger partial charge is 0.197 e. The minimum Gasteiger partial charge on any atom is -0.369 e. The minimum atomic E-state index is 0. The Labute approximate surface area is 110 Å². The van der Waals surface area contributed by atoms with Gasteiger partial charge in [0.05, 0.1) is 6.20 Å². The largest absolute Gasteiger partial charge is 0.369 e. The first-order valence-corrected chi connectivity index (χ1v) is 6.05. The van der Waals surface area contributed by atoms with Crippen molar-refractivity contribution < 1.29 is 0 Å². The molecule has 1 rings (SSSR count). The van der Waals surface area contributed by atoms with Crippen LogP contribution < -0.4 is 5.73 Å². The van der Waals surface area contributed by atoms with Gasteiger partial charge < -0.3 is 10.7 Å². The quantitative estimate of drug-likeness (QED) is 0.553. The summed E-state index contributed by atoms with van der Waals surface area (Å²) in [4.78, 5) is 7.01. The van der Waals surface area contributed by atoms with Gasteiger partial charge in [-0.05, 0) is 19.3 Å². The van der Waals surface area contributed by atoms with E-state index in [2.05, 4.69) is 15.9 Å². The van der Waals surface area contributed by atoms with Crippen LogP contribution >= 0.6 is 12.4 Å². The third kappa shape index (κ3) is 7.70. The van der Waals surface area contributed by atoms with Crippen molar-refractivity contribution in [3.05, 3.63) is 11.9 Å². The molecule has 1 heterocycles. The molecule has 3 nitrogen and oxygen atoms in total. The number of hydrogen-bond donors (Lipinski definition) is 2. The first kappa shape index (κ1) is 15.9. The maximum Gasteiger partial charge on any atom is 0.197 e. The lowest BCUT2D eigenvalue weighted by molar-refractivity contribution is 0.597. The molecule has 0 amide bonds. The molecule has 0 spiro atoms. The maximum absolute atomic E-state index is 5.49. The van der Waals surface area contributed by atoms with E-state index in [4.69, 9.17) is 12.2 Å². The van der Waals surface area contributed by atoms with Crippen molar-refractivity contribution in [3.63, 3.8) is 0 Å². The molecular weight excluding hydrogens is 234 g/mol. The van der Waals surface area contributed by atoms with Crippen LogP contribution in [-0.4, -0.2) is 9.97 Å². The van der Waals surface area contributed by atoms with Crippen molar-refractivity contribution in [2.45, 2.75) is 51.4 Å². The normalized spacial score (nSPS) is 9.59. The molecule has 0 bridgehead atoms. The number of terminal acetylenes is 1. The highest BCUT2D eigenvalue weighted by Gasteiger charge is 1.97. The molecule has 3 N–H and O–H groups in total. The van der Waals surface area contributed by atoms with Crippen LogP contribution in [0.15, 0.2) is 6.20 Å². The van der Waals surface area contributed by atoms with Crippen LogP contribution in [0.2, 0.25) is 0 Å². The van der Waals surface area contributed by atoms with Gasteiger partial charge in [0, 0.05) is 12.1 Å². The van der Waals surface area contributed by atoms with E-state index in [0.717, 1.165) is 18.5 Å². The third-order valence-electron chi connectivity index (χ3n) is 2.67. The van der Waals surface area contributed by atoms with Gasteiger partial charge in [0.1, 0.15) is 0 Å². The van der Waals surface area contributed by atoms with Gasteiger partial charge in [-0.1, -0.05) is 25.7 Å². The van der Waals surface area contributed by atoms with Gasteiger partial charge in [0.25, 0.3) is 0 Å². The van der Waals surface area contributed by atoms with E-state index < -0.39 is 0 Å². The Morgan fingerprint density at radius 3 is 2.41 bits per heavy atom. The van der Waals surface area contributed by atoms with Crippen LogP contribution in [0.1, 0.15) is 50.6 Å². The van der Waals surface area contributed by atoms with Gasteiger partial charge in [-0.2, -0.15) is 0 Å². The van der Waals surface area contributed by atoms with Gasteiger partial charge in [-0.25, -0.2) is 4.98 Å². The molecule has 0 unspecified atom stereocenters. The molecule has 0 aliphatic carbocycles. The van der Waals surface area contributed by atoms with E-state index in [1.807, 2.05) is 6.20 Å². The molecule has 0 fully saturated rings. The third-order valence-corrected chi connectivity index (χ3v) is 2.67. The zero-order chi connectivity index (χ0) is 11.6. The van der Waals surface area contributed by atoms with E-state index >= 15 is 0 Å². The fraction of sp³-hybridized carbons (Fsp3) is 0.615. The Bertz CT molecular complexity index is 328. The second-order valence-electron chi connectivity index (χ2n) is 4.12. The molecule has 0 radical (unpaired) electrons. The number of nitrogens with zero attached hydrogens (tertiary/aromatic N) is 1. The lowest BCUT2D eigenvalue weighted by Gasteiger charge is -1.99. The number of rotatable bonds is 8. The summed E-state index contributed by atoms with van der Waals surface area (Å²) in [6, 6.07) is 0. The summed E-state index contributed by atoms with van der Waals surface area (Å²) in [5.74, 6) is 3.19. The van der Waals surface area contributed by atoms with Crippen molar-refractivity contribution in [1.29, 1.82) is 0 Å². The number of aromatic amines is 1. The summed E-state index contributed by atoms with van der Waals surface area (Å²) in [7, 11) is 0. The fourth-order valence-electron chi connectivity index (χ4n) is 1.75. The van der Waals surface area contributed by atoms with E-state index in [-0.39, 0.29) is 12.4 Å². The molecule has 0 saturated heterocycles. The lowest BCUT2D eigenvalue weighted by Crippen LogP contribution is -1.89. The SMILES string of the molecule is C#CCCCCCCCCc1cnc(N)[nH]1.Cl. The summed E-state index contributed by atoms with van der Waals surface area (Å²) in [6.07, 6.45) is 16.5. The van der Waals surface area contributed by atoms with Crippen LogP contribution in [0.5, 0.6) is 0 Å². The first-order chi connectivity index (χ1) is 7.83. The highest BCUT2D eigenvalue weighted by molar-refractivity contribution is 5.85. The first-order valence-electron chi connectivity index (χ1n) is 6.05. The Balaban J connectivity index is 0.00000256. The summed E-state index contributed by atoms with van der Waals surface area (Å²) < 4.78 is 0. The number of aryl methyl sites for hydroxylation is 1. The average molecular weight is 256 g/mol. The highest BCUT2D eigenvalue weighted by Crippen LogP contribution is 2.09. The average Bonchev–Trinajstić information content (AvgIpc) is 2.68. The molecule has 1 aromatic heterocycles. The predicted octanol–water partition coefficient (Wildman–Crippen LogP) is 3.32. The molecule has 96 valence electrons. The van der Waals surface area contributed by atoms with Crippen LogP contribution in [0.3, 0.4) is 0 Å². The van der Waals surface area contributed by atoms with Crippen LogP contribution in [0.4, 0.5) is 5.95 Å². The van der Waals surface area contributed by atoms with Gasteiger partial charge in [-0.15, -0.1) is 24.8 Å². The number of nitrogen functional groups attached to an aromatic ring is 1. The molecule has 0 aromatic carbocycles. The second-order valence-corrected chi connectivity index (χ2v) is 4.12. The van der Waals surface area contributed by atoms with E-state index in [0.29, 0.717) is 5.95 Å². The number of unbranched alkanes of at least 4 members (excludes halogenated alkanes) is 6. The molecule has 0 saturated carbocycles. The zero-order valence-electron chi connectivity index (χ0n) is 10.2. The number of halogens is 1. The Morgan fingerprint density at radius 2 is 1.82 bits per heavy atom. The lowest BCUT2D eigenvalue weighted by atomic mass is 10.1. The molecule has 0 aliphatic rings. The number of hydrogen-bond acceptors (Lipinski definition) is 2. The summed E-state index contributed by atoms with van der Waals surface area (Å²) in [5, 5.41) is 0. The summed E-state index contributed by atoms with van der Waals surface area (Å²) >= 11 is 0. The number of H-pyrrole nitrogens is 1. The van der Waals surface area contributed by atoms with E-state index in [9.17, 15) is 0 Å². The van der Waals surface area contributed by atoms with Crippen molar-refractivity contribution in [2.24, 2.45) is 0 Å². The number of imidazole rings is 1. The van der Waals surface area contributed by atoms with Crippen molar-refractivity contribution in [3.8, 4) is 12.3 Å². The molecule has 1 aromatic rings. The molecule has 0 aliphatic heterocycles. The molecular formula is C13H22ClN3. The second kappa shape index (κ2) is 10.0. The number of aromatic nitrogens is 2. The molecule has 4 heteroatoms.